The molecule has 0 atom stereocenters. The van der Waals surface area contributed by atoms with Crippen molar-refractivity contribution < 1.29 is 4.42 Å². The fraction of sp³-hybridized carbons (Fsp3) is 0.429. The van der Waals surface area contributed by atoms with E-state index >= 15 is 0 Å². The Hall–Kier alpha value is -1.30. The first kappa shape index (κ1) is 6.81. The molecule has 3 heteroatoms. The molecule has 0 spiro atoms. The van der Waals surface area contributed by atoms with E-state index in [-0.39, 0.29) is 0 Å². The van der Waals surface area contributed by atoms with Crippen LogP contribution < -0.4 is 0 Å². The largest absolute Gasteiger partial charge is 0.447 e. The molecule has 52 valence electrons. The van der Waals surface area contributed by atoms with E-state index in [9.17, 15) is 0 Å². The molecule has 1 aromatic rings. The van der Waals surface area contributed by atoms with Crippen LogP contribution in [0.15, 0.2) is 17.0 Å². The lowest BCUT2D eigenvalue weighted by Gasteiger charge is -2.08. The molecule has 0 aliphatic heterocycles. The fourth-order valence-electron chi connectivity index (χ4n) is 0.580. The van der Waals surface area contributed by atoms with Crippen molar-refractivity contribution in [3.8, 4) is 6.07 Å². The van der Waals surface area contributed by atoms with E-state index in [2.05, 4.69) is 11.1 Å². The number of oxazole rings is 1. The van der Waals surface area contributed by atoms with Gasteiger partial charge in [-0.05, 0) is 13.8 Å². The van der Waals surface area contributed by atoms with E-state index in [1.807, 2.05) is 0 Å². The quantitative estimate of drug-likeness (QED) is 0.587. The molecular formula is C7H8N2O. The van der Waals surface area contributed by atoms with Crippen LogP contribution in [-0.2, 0) is 5.41 Å². The summed E-state index contributed by atoms with van der Waals surface area (Å²) in [5.41, 5.74) is -0.559. The van der Waals surface area contributed by atoms with Crippen LogP contribution in [0.25, 0.3) is 0 Å². The summed E-state index contributed by atoms with van der Waals surface area (Å²) in [7, 11) is 0. The lowest BCUT2D eigenvalue weighted by Crippen LogP contribution is -2.12. The van der Waals surface area contributed by atoms with Crippen LogP contribution in [0, 0.1) is 11.3 Å². The Morgan fingerprint density at radius 3 is 2.80 bits per heavy atom. The smallest absolute Gasteiger partial charge is 0.180 e. The van der Waals surface area contributed by atoms with Gasteiger partial charge in [0.05, 0.1) is 12.3 Å². The third-order valence-electron chi connectivity index (χ3n) is 1.33. The van der Waals surface area contributed by atoms with Crippen LogP contribution in [0.1, 0.15) is 19.6 Å². The first-order valence-electron chi connectivity index (χ1n) is 2.97. The molecule has 0 fully saturated rings. The van der Waals surface area contributed by atoms with Crippen molar-refractivity contribution >= 4 is 0 Å². The van der Waals surface area contributed by atoms with Gasteiger partial charge in [-0.1, -0.05) is 0 Å². The molecular weight excluding hydrogens is 128 g/mol. The van der Waals surface area contributed by atoms with Crippen LogP contribution in [-0.4, -0.2) is 4.98 Å². The van der Waals surface area contributed by atoms with Crippen LogP contribution in [0.5, 0.6) is 0 Å². The van der Waals surface area contributed by atoms with Crippen molar-refractivity contribution in [2.24, 2.45) is 0 Å². The SMILES string of the molecule is CC(C)(C#N)c1cnco1. The lowest BCUT2D eigenvalue weighted by molar-refractivity contribution is 0.441. The normalized spacial score (nSPS) is 10.9. The molecule has 0 saturated heterocycles. The van der Waals surface area contributed by atoms with E-state index in [4.69, 9.17) is 9.68 Å². The van der Waals surface area contributed by atoms with Gasteiger partial charge in [-0.3, -0.25) is 0 Å². The van der Waals surface area contributed by atoms with Gasteiger partial charge in [-0.15, -0.1) is 0 Å². The number of nitrogens with zero attached hydrogens (tertiary/aromatic N) is 2. The Kier molecular flexibility index (Phi) is 1.46. The van der Waals surface area contributed by atoms with E-state index < -0.39 is 5.41 Å². The average molecular weight is 136 g/mol. The summed E-state index contributed by atoms with van der Waals surface area (Å²) in [6.07, 6.45) is 2.89. The fourth-order valence-corrected chi connectivity index (χ4v) is 0.580. The van der Waals surface area contributed by atoms with Gasteiger partial charge < -0.3 is 4.42 Å². The third kappa shape index (κ3) is 1.01. The van der Waals surface area contributed by atoms with Gasteiger partial charge >= 0.3 is 0 Å². The average Bonchev–Trinajstić information content (AvgIpc) is 2.38. The second-order valence-electron chi connectivity index (χ2n) is 2.60. The molecule has 0 saturated carbocycles. The molecule has 0 aliphatic carbocycles. The van der Waals surface area contributed by atoms with Gasteiger partial charge in [0.15, 0.2) is 6.39 Å². The Balaban J connectivity index is 2.99. The highest BCUT2D eigenvalue weighted by Gasteiger charge is 2.22. The summed E-state index contributed by atoms with van der Waals surface area (Å²) < 4.78 is 4.96. The van der Waals surface area contributed by atoms with Crippen LogP contribution in [0.3, 0.4) is 0 Å². The van der Waals surface area contributed by atoms with Gasteiger partial charge in [0.25, 0.3) is 0 Å². The number of hydrogen-bond donors (Lipinski definition) is 0. The Morgan fingerprint density at radius 2 is 2.40 bits per heavy atom. The van der Waals surface area contributed by atoms with Crippen LogP contribution in [0.2, 0.25) is 0 Å². The molecule has 0 aliphatic rings. The zero-order valence-electron chi connectivity index (χ0n) is 5.96. The lowest BCUT2D eigenvalue weighted by atomic mass is 9.93. The van der Waals surface area contributed by atoms with Gasteiger partial charge in [0.2, 0.25) is 0 Å². The predicted octanol–water partition coefficient (Wildman–Crippen LogP) is 1.48. The molecule has 0 bridgehead atoms. The minimum Gasteiger partial charge on any atom is -0.447 e. The summed E-state index contributed by atoms with van der Waals surface area (Å²) in [4.78, 5) is 3.72. The van der Waals surface area contributed by atoms with E-state index in [0.717, 1.165) is 0 Å². The summed E-state index contributed by atoms with van der Waals surface area (Å²) in [5.74, 6) is 0.606. The van der Waals surface area contributed by atoms with Crippen molar-refractivity contribution in [2.75, 3.05) is 0 Å². The maximum atomic E-state index is 8.63. The standard InChI is InChI=1S/C7H8N2O/c1-7(2,4-8)6-3-9-5-10-6/h3,5H,1-2H3. The van der Waals surface area contributed by atoms with Crippen molar-refractivity contribution in [2.45, 2.75) is 19.3 Å². The summed E-state index contributed by atoms with van der Waals surface area (Å²) in [5, 5.41) is 8.63. The maximum absolute atomic E-state index is 8.63. The number of hydrogen-bond acceptors (Lipinski definition) is 3. The zero-order chi connectivity index (χ0) is 7.61. The highest BCUT2D eigenvalue weighted by Crippen LogP contribution is 2.20. The Labute approximate surface area is 59.3 Å². The van der Waals surface area contributed by atoms with Gasteiger partial charge in [0.1, 0.15) is 11.2 Å². The second-order valence-corrected chi connectivity index (χ2v) is 2.60. The predicted molar refractivity (Wildman–Crippen MR) is 35.1 cm³/mol. The first-order valence-corrected chi connectivity index (χ1v) is 2.97. The van der Waals surface area contributed by atoms with E-state index in [1.165, 1.54) is 6.39 Å². The maximum Gasteiger partial charge on any atom is 0.180 e. The highest BCUT2D eigenvalue weighted by atomic mass is 16.3. The number of nitriles is 1. The summed E-state index contributed by atoms with van der Waals surface area (Å²) in [6, 6.07) is 2.11. The van der Waals surface area contributed by atoms with E-state index in [1.54, 1.807) is 20.0 Å². The van der Waals surface area contributed by atoms with Crippen molar-refractivity contribution in [1.82, 2.24) is 4.98 Å². The van der Waals surface area contributed by atoms with Crippen LogP contribution in [0.4, 0.5) is 0 Å². The molecule has 3 nitrogen and oxygen atoms in total. The molecule has 0 amide bonds. The number of rotatable bonds is 1. The van der Waals surface area contributed by atoms with E-state index in [0.29, 0.717) is 5.76 Å². The van der Waals surface area contributed by atoms with Crippen LogP contribution >= 0.6 is 0 Å². The topological polar surface area (TPSA) is 49.8 Å². The Bertz CT molecular complexity index is 243. The zero-order valence-corrected chi connectivity index (χ0v) is 5.96. The second kappa shape index (κ2) is 2.14. The molecule has 0 aromatic carbocycles. The molecule has 0 N–H and O–H groups in total. The number of aromatic nitrogens is 1. The van der Waals surface area contributed by atoms with Gasteiger partial charge in [-0.2, -0.15) is 5.26 Å². The molecule has 1 aromatic heterocycles. The third-order valence-corrected chi connectivity index (χ3v) is 1.33. The molecule has 1 heterocycles. The Morgan fingerprint density at radius 1 is 1.70 bits per heavy atom. The molecule has 10 heavy (non-hydrogen) atoms. The molecule has 1 rings (SSSR count). The van der Waals surface area contributed by atoms with Gasteiger partial charge in [-0.25, -0.2) is 4.98 Å². The van der Waals surface area contributed by atoms with Crippen molar-refractivity contribution in [3.63, 3.8) is 0 Å². The minimum atomic E-state index is -0.559. The summed E-state index contributed by atoms with van der Waals surface area (Å²) in [6.45, 7) is 3.57. The van der Waals surface area contributed by atoms with Gasteiger partial charge in [0, 0.05) is 0 Å². The van der Waals surface area contributed by atoms with Crippen molar-refractivity contribution in [1.29, 1.82) is 5.26 Å². The minimum absolute atomic E-state index is 0.559. The monoisotopic (exact) mass is 136 g/mol. The van der Waals surface area contributed by atoms with Crippen molar-refractivity contribution in [3.05, 3.63) is 18.4 Å². The highest BCUT2D eigenvalue weighted by molar-refractivity contribution is 5.17. The summed E-state index contributed by atoms with van der Waals surface area (Å²) >= 11 is 0. The molecule has 0 unspecified atom stereocenters. The first-order chi connectivity index (χ1) is 4.67. The molecule has 0 radical (unpaired) electrons.